The minimum Gasteiger partial charge on any atom is -0.399 e. The van der Waals surface area contributed by atoms with E-state index in [1.165, 1.54) is 5.56 Å². The van der Waals surface area contributed by atoms with Gasteiger partial charge in [-0.25, -0.2) is 0 Å². The third-order valence-electron chi connectivity index (χ3n) is 3.19. The van der Waals surface area contributed by atoms with Crippen LogP contribution in [0.3, 0.4) is 0 Å². The van der Waals surface area contributed by atoms with Crippen molar-refractivity contribution in [2.45, 2.75) is 25.3 Å². The predicted octanol–water partition coefficient (Wildman–Crippen LogP) is 2.12. The fourth-order valence-corrected chi connectivity index (χ4v) is 2.19. The molecule has 3 nitrogen and oxygen atoms in total. The molecule has 6 N–H and O–H groups in total. The molecular formula is C14H20ClN3. The number of nitrogens with two attached hydrogens (primary N) is 3. The van der Waals surface area contributed by atoms with E-state index in [0.29, 0.717) is 0 Å². The zero-order chi connectivity index (χ0) is 12.5. The van der Waals surface area contributed by atoms with Crippen molar-refractivity contribution in [1.29, 1.82) is 0 Å². The lowest BCUT2D eigenvalue weighted by atomic mass is 9.82. The molecule has 0 saturated carbocycles. The lowest BCUT2D eigenvalue weighted by molar-refractivity contribution is 0.511. The maximum absolute atomic E-state index is 6.37. The van der Waals surface area contributed by atoms with E-state index >= 15 is 0 Å². The SMILES string of the molecule is CC1=C(N)C=CC(N)(Cc2ccc(N)cc2)C1.Cl. The second-order valence-corrected chi connectivity index (χ2v) is 4.90. The maximum atomic E-state index is 6.37. The number of halogens is 1. The molecule has 0 spiro atoms. The van der Waals surface area contributed by atoms with Crippen LogP contribution in [0.25, 0.3) is 0 Å². The topological polar surface area (TPSA) is 78.1 Å². The van der Waals surface area contributed by atoms with Gasteiger partial charge in [-0.2, -0.15) is 0 Å². The van der Waals surface area contributed by atoms with Crippen molar-refractivity contribution in [3.8, 4) is 0 Å². The van der Waals surface area contributed by atoms with Gasteiger partial charge in [-0.15, -0.1) is 12.4 Å². The van der Waals surface area contributed by atoms with E-state index in [-0.39, 0.29) is 17.9 Å². The van der Waals surface area contributed by atoms with E-state index in [2.05, 4.69) is 0 Å². The van der Waals surface area contributed by atoms with Crippen LogP contribution in [0.2, 0.25) is 0 Å². The number of hydrogen-bond donors (Lipinski definition) is 3. The Hall–Kier alpha value is -1.45. The van der Waals surface area contributed by atoms with Gasteiger partial charge in [-0.05, 0) is 49.1 Å². The molecule has 0 amide bonds. The molecule has 0 saturated heterocycles. The molecule has 4 heteroatoms. The number of rotatable bonds is 2. The molecule has 1 aliphatic rings. The first-order valence-corrected chi connectivity index (χ1v) is 5.76. The summed E-state index contributed by atoms with van der Waals surface area (Å²) in [5.41, 5.74) is 21.5. The van der Waals surface area contributed by atoms with E-state index in [9.17, 15) is 0 Å². The van der Waals surface area contributed by atoms with Crippen LogP contribution in [0.5, 0.6) is 0 Å². The van der Waals surface area contributed by atoms with Crippen LogP contribution in [0.15, 0.2) is 47.7 Å². The smallest absolute Gasteiger partial charge is 0.0422 e. The Balaban J connectivity index is 0.00000162. The largest absolute Gasteiger partial charge is 0.399 e. The fourth-order valence-electron chi connectivity index (χ4n) is 2.19. The quantitative estimate of drug-likeness (QED) is 0.717. The zero-order valence-electron chi connectivity index (χ0n) is 10.5. The first kappa shape index (κ1) is 14.6. The van der Waals surface area contributed by atoms with Crippen molar-refractivity contribution in [2.75, 3.05) is 5.73 Å². The molecule has 18 heavy (non-hydrogen) atoms. The van der Waals surface area contributed by atoms with E-state index in [4.69, 9.17) is 17.2 Å². The Morgan fingerprint density at radius 3 is 2.33 bits per heavy atom. The van der Waals surface area contributed by atoms with Gasteiger partial charge >= 0.3 is 0 Å². The highest BCUT2D eigenvalue weighted by Crippen LogP contribution is 2.26. The van der Waals surface area contributed by atoms with Gasteiger partial charge in [0.15, 0.2) is 0 Å². The molecule has 1 unspecified atom stereocenters. The van der Waals surface area contributed by atoms with Crippen molar-refractivity contribution < 1.29 is 0 Å². The lowest BCUT2D eigenvalue weighted by Crippen LogP contribution is -2.42. The second-order valence-electron chi connectivity index (χ2n) is 4.90. The summed E-state index contributed by atoms with van der Waals surface area (Å²) < 4.78 is 0. The first-order valence-electron chi connectivity index (χ1n) is 5.76. The van der Waals surface area contributed by atoms with E-state index in [1.54, 1.807) is 0 Å². The summed E-state index contributed by atoms with van der Waals surface area (Å²) in [7, 11) is 0. The van der Waals surface area contributed by atoms with Crippen molar-refractivity contribution in [2.24, 2.45) is 11.5 Å². The average Bonchev–Trinajstić information content (AvgIpc) is 2.28. The van der Waals surface area contributed by atoms with Gasteiger partial charge in [-0.1, -0.05) is 18.2 Å². The number of hydrogen-bond acceptors (Lipinski definition) is 3. The summed E-state index contributed by atoms with van der Waals surface area (Å²) >= 11 is 0. The average molecular weight is 266 g/mol. The summed E-state index contributed by atoms with van der Waals surface area (Å²) in [5, 5.41) is 0. The summed E-state index contributed by atoms with van der Waals surface area (Å²) in [4.78, 5) is 0. The second kappa shape index (κ2) is 5.46. The molecule has 2 rings (SSSR count). The van der Waals surface area contributed by atoms with Crippen LogP contribution in [-0.4, -0.2) is 5.54 Å². The van der Waals surface area contributed by atoms with Crippen LogP contribution in [0.1, 0.15) is 18.9 Å². The summed E-state index contributed by atoms with van der Waals surface area (Å²) in [6.07, 6.45) is 5.52. The molecule has 1 atom stereocenters. The summed E-state index contributed by atoms with van der Waals surface area (Å²) in [5.74, 6) is 0. The van der Waals surface area contributed by atoms with Crippen molar-refractivity contribution in [3.05, 3.63) is 53.3 Å². The van der Waals surface area contributed by atoms with Crippen molar-refractivity contribution in [1.82, 2.24) is 0 Å². The molecule has 98 valence electrons. The Bertz CT molecular complexity index is 476. The minimum absolute atomic E-state index is 0. The van der Waals surface area contributed by atoms with Crippen LogP contribution >= 0.6 is 12.4 Å². The third-order valence-corrected chi connectivity index (χ3v) is 3.19. The standard InChI is InChI=1S/C14H19N3.ClH/c1-10-8-14(17,7-6-13(10)16)9-11-2-4-12(15)5-3-11;/h2-7H,8-9,15-17H2,1H3;1H. The maximum Gasteiger partial charge on any atom is 0.0422 e. The van der Waals surface area contributed by atoms with Gasteiger partial charge in [0.25, 0.3) is 0 Å². The Kier molecular flexibility index (Phi) is 4.43. The molecule has 0 radical (unpaired) electrons. The highest BCUT2D eigenvalue weighted by Gasteiger charge is 2.25. The lowest BCUT2D eigenvalue weighted by Gasteiger charge is -2.30. The molecule has 0 bridgehead atoms. The Morgan fingerprint density at radius 1 is 1.17 bits per heavy atom. The van der Waals surface area contributed by atoms with Gasteiger partial charge in [0, 0.05) is 16.9 Å². The molecule has 0 fully saturated rings. The highest BCUT2D eigenvalue weighted by molar-refractivity contribution is 5.85. The Morgan fingerprint density at radius 2 is 1.78 bits per heavy atom. The molecule has 0 aromatic heterocycles. The van der Waals surface area contributed by atoms with Crippen molar-refractivity contribution >= 4 is 18.1 Å². The monoisotopic (exact) mass is 265 g/mol. The van der Waals surface area contributed by atoms with E-state index < -0.39 is 0 Å². The molecule has 0 aliphatic heterocycles. The molecule has 0 heterocycles. The molecule has 1 aromatic carbocycles. The van der Waals surface area contributed by atoms with E-state index in [1.807, 2.05) is 43.3 Å². The fraction of sp³-hybridized carbons (Fsp3) is 0.286. The van der Waals surface area contributed by atoms with Crippen LogP contribution in [0, 0.1) is 0 Å². The Labute approximate surface area is 114 Å². The van der Waals surface area contributed by atoms with Crippen LogP contribution in [-0.2, 0) is 6.42 Å². The van der Waals surface area contributed by atoms with E-state index in [0.717, 1.165) is 29.8 Å². The zero-order valence-corrected chi connectivity index (χ0v) is 11.3. The van der Waals surface area contributed by atoms with Gasteiger partial charge in [0.05, 0.1) is 0 Å². The molecule has 1 aliphatic carbocycles. The summed E-state index contributed by atoms with van der Waals surface area (Å²) in [6.45, 7) is 2.03. The normalized spacial score (nSPS) is 22.8. The summed E-state index contributed by atoms with van der Waals surface area (Å²) in [6, 6.07) is 7.86. The van der Waals surface area contributed by atoms with Gasteiger partial charge in [-0.3, -0.25) is 0 Å². The highest BCUT2D eigenvalue weighted by atomic mass is 35.5. The number of nitrogen functional groups attached to an aromatic ring is 1. The third kappa shape index (κ3) is 3.28. The van der Waals surface area contributed by atoms with Gasteiger partial charge in [0.1, 0.15) is 0 Å². The van der Waals surface area contributed by atoms with Crippen LogP contribution in [0.4, 0.5) is 5.69 Å². The molecular weight excluding hydrogens is 246 g/mol. The predicted molar refractivity (Wildman–Crippen MR) is 79.4 cm³/mol. The number of benzene rings is 1. The van der Waals surface area contributed by atoms with Gasteiger partial charge < -0.3 is 17.2 Å². The van der Waals surface area contributed by atoms with Crippen LogP contribution < -0.4 is 17.2 Å². The van der Waals surface area contributed by atoms with Gasteiger partial charge in [0.2, 0.25) is 0 Å². The minimum atomic E-state index is -0.330. The molecule has 1 aromatic rings. The number of anilines is 1. The van der Waals surface area contributed by atoms with Crippen molar-refractivity contribution in [3.63, 3.8) is 0 Å². The first-order chi connectivity index (χ1) is 7.98. The number of allylic oxidation sites excluding steroid dienone is 1.